The van der Waals surface area contributed by atoms with Crippen LogP contribution in [0.4, 0.5) is 0 Å². The van der Waals surface area contributed by atoms with Crippen molar-refractivity contribution < 1.29 is 14.3 Å². The summed E-state index contributed by atoms with van der Waals surface area (Å²) in [6.45, 7) is 3.80. The predicted molar refractivity (Wildman–Crippen MR) is 77.0 cm³/mol. The van der Waals surface area contributed by atoms with Gasteiger partial charge in [0.25, 0.3) is 5.91 Å². The summed E-state index contributed by atoms with van der Waals surface area (Å²) in [5, 5.41) is 6.14. The van der Waals surface area contributed by atoms with Crippen LogP contribution in [0.3, 0.4) is 0 Å². The molecule has 1 fully saturated rings. The van der Waals surface area contributed by atoms with Gasteiger partial charge in [-0.25, -0.2) is 0 Å². The molecule has 0 unspecified atom stereocenters. The molecule has 1 saturated carbocycles. The van der Waals surface area contributed by atoms with Crippen molar-refractivity contribution in [3.63, 3.8) is 0 Å². The Morgan fingerprint density at radius 2 is 2.15 bits per heavy atom. The molecule has 20 heavy (non-hydrogen) atoms. The first-order valence-electron chi connectivity index (χ1n) is 7.02. The van der Waals surface area contributed by atoms with Gasteiger partial charge >= 0.3 is 0 Å². The number of ether oxygens (including phenoxy) is 2. The first kappa shape index (κ1) is 14.7. The Hall–Kier alpha value is -1.75. The molecule has 1 aliphatic rings. The number of hydrogen-bond donors (Lipinski definition) is 2. The number of carbonyl (C=O) groups excluding carboxylic acids is 1. The molecule has 2 N–H and O–H groups in total. The van der Waals surface area contributed by atoms with E-state index in [0.717, 1.165) is 31.5 Å². The van der Waals surface area contributed by atoms with Crippen LogP contribution in [0.25, 0.3) is 0 Å². The summed E-state index contributed by atoms with van der Waals surface area (Å²) in [5.74, 6) is 1.17. The van der Waals surface area contributed by atoms with E-state index in [2.05, 4.69) is 17.6 Å². The molecule has 1 aromatic carbocycles. The van der Waals surface area contributed by atoms with Crippen LogP contribution in [0.15, 0.2) is 18.2 Å². The molecule has 0 aliphatic heterocycles. The van der Waals surface area contributed by atoms with Crippen LogP contribution < -0.4 is 20.1 Å². The van der Waals surface area contributed by atoms with E-state index in [0.29, 0.717) is 17.5 Å². The lowest BCUT2D eigenvalue weighted by Crippen LogP contribution is -2.30. The maximum absolute atomic E-state index is 11.6. The van der Waals surface area contributed by atoms with Crippen molar-refractivity contribution in [1.82, 2.24) is 10.6 Å². The minimum atomic E-state index is -0.0775. The van der Waals surface area contributed by atoms with Crippen LogP contribution in [0, 0.1) is 0 Å². The molecule has 1 aromatic rings. The highest BCUT2D eigenvalue weighted by atomic mass is 16.5. The average molecular weight is 278 g/mol. The summed E-state index contributed by atoms with van der Waals surface area (Å²) >= 11 is 0. The van der Waals surface area contributed by atoms with Crippen LogP contribution in [0.5, 0.6) is 11.5 Å². The Morgan fingerprint density at radius 3 is 2.80 bits per heavy atom. The van der Waals surface area contributed by atoms with Crippen LogP contribution in [0.1, 0.15) is 25.3 Å². The van der Waals surface area contributed by atoms with E-state index in [4.69, 9.17) is 9.47 Å². The Labute approximate surface area is 119 Å². The molecule has 1 aliphatic carbocycles. The zero-order chi connectivity index (χ0) is 14.4. The van der Waals surface area contributed by atoms with E-state index in [1.807, 2.05) is 18.2 Å². The monoisotopic (exact) mass is 278 g/mol. The summed E-state index contributed by atoms with van der Waals surface area (Å²) in [4.78, 5) is 11.6. The fraction of sp³-hybridized carbons (Fsp3) is 0.533. The fourth-order valence-electron chi connectivity index (χ4n) is 1.85. The summed E-state index contributed by atoms with van der Waals surface area (Å²) in [5.41, 5.74) is 1.12. The van der Waals surface area contributed by atoms with Crippen LogP contribution in [-0.2, 0) is 11.3 Å². The molecule has 0 aromatic heterocycles. The van der Waals surface area contributed by atoms with Crippen molar-refractivity contribution >= 4 is 5.91 Å². The SMILES string of the molecule is CCNCc1ccc(OCC(=O)NC2CC2)c(OC)c1. The number of nitrogens with one attached hydrogen (secondary N) is 2. The number of carbonyl (C=O) groups is 1. The summed E-state index contributed by atoms with van der Waals surface area (Å²) < 4.78 is 10.8. The second kappa shape index (κ2) is 7.14. The maximum Gasteiger partial charge on any atom is 0.258 e. The molecular formula is C15H22N2O3. The van der Waals surface area contributed by atoms with Gasteiger partial charge < -0.3 is 20.1 Å². The van der Waals surface area contributed by atoms with Gasteiger partial charge in [-0.1, -0.05) is 13.0 Å². The molecule has 5 heteroatoms. The molecule has 0 atom stereocenters. The van der Waals surface area contributed by atoms with Gasteiger partial charge in [-0.2, -0.15) is 0 Å². The largest absolute Gasteiger partial charge is 0.493 e. The third kappa shape index (κ3) is 4.42. The zero-order valence-electron chi connectivity index (χ0n) is 12.1. The van der Waals surface area contributed by atoms with E-state index < -0.39 is 0 Å². The molecular weight excluding hydrogens is 256 g/mol. The van der Waals surface area contributed by atoms with Gasteiger partial charge in [0, 0.05) is 12.6 Å². The zero-order valence-corrected chi connectivity index (χ0v) is 12.1. The summed E-state index contributed by atoms with van der Waals surface area (Å²) in [7, 11) is 1.60. The van der Waals surface area contributed by atoms with E-state index in [1.165, 1.54) is 0 Å². The van der Waals surface area contributed by atoms with Gasteiger partial charge in [0.15, 0.2) is 18.1 Å². The number of rotatable bonds is 8. The Bertz CT molecular complexity index is 458. The van der Waals surface area contributed by atoms with Crippen LogP contribution in [-0.4, -0.2) is 32.2 Å². The molecule has 1 amide bonds. The lowest BCUT2D eigenvalue weighted by atomic mass is 10.2. The van der Waals surface area contributed by atoms with Crippen LogP contribution in [0.2, 0.25) is 0 Å². The van der Waals surface area contributed by atoms with Gasteiger partial charge in [0.1, 0.15) is 0 Å². The summed E-state index contributed by atoms with van der Waals surface area (Å²) in [6, 6.07) is 6.10. The Balaban J connectivity index is 1.90. The number of benzene rings is 1. The first-order valence-corrected chi connectivity index (χ1v) is 7.02. The van der Waals surface area contributed by atoms with Gasteiger partial charge in [0.2, 0.25) is 0 Å². The van der Waals surface area contributed by atoms with Crippen molar-refractivity contribution in [1.29, 1.82) is 0 Å². The molecule has 0 spiro atoms. The second-order valence-corrected chi connectivity index (χ2v) is 4.90. The maximum atomic E-state index is 11.6. The minimum absolute atomic E-state index is 0.0272. The molecule has 0 heterocycles. The third-order valence-electron chi connectivity index (χ3n) is 3.11. The number of amides is 1. The highest BCUT2D eigenvalue weighted by Gasteiger charge is 2.23. The molecule has 5 nitrogen and oxygen atoms in total. The molecule has 0 radical (unpaired) electrons. The van der Waals surface area contributed by atoms with Crippen molar-refractivity contribution in [3.8, 4) is 11.5 Å². The van der Waals surface area contributed by atoms with Crippen molar-refractivity contribution in [2.24, 2.45) is 0 Å². The van der Waals surface area contributed by atoms with Gasteiger partial charge in [-0.15, -0.1) is 0 Å². The quantitative estimate of drug-likeness (QED) is 0.756. The third-order valence-corrected chi connectivity index (χ3v) is 3.11. The van der Waals surface area contributed by atoms with E-state index in [-0.39, 0.29) is 12.5 Å². The number of methoxy groups -OCH3 is 1. The molecule has 2 rings (SSSR count). The van der Waals surface area contributed by atoms with Crippen molar-refractivity contribution in [2.75, 3.05) is 20.3 Å². The minimum Gasteiger partial charge on any atom is -0.493 e. The van der Waals surface area contributed by atoms with E-state index in [1.54, 1.807) is 7.11 Å². The van der Waals surface area contributed by atoms with Crippen LogP contribution >= 0.6 is 0 Å². The normalized spacial score (nSPS) is 13.9. The standard InChI is InChI=1S/C15H22N2O3/c1-3-16-9-11-4-7-13(14(8-11)19-2)20-10-15(18)17-12-5-6-12/h4,7-8,12,16H,3,5-6,9-10H2,1-2H3,(H,17,18). The van der Waals surface area contributed by atoms with E-state index in [9.17, 15) is 4.79 Å². The lowest BCUT2D eigenvalue weighted by molar-refractivity contribution is -0.123. The highest BCUT2D eigenvalue weighted by Crippen LogP contribution is 2.28. The smallest absolute Gasteiger partial charge is 0.258 e. The predicted octanol–water partition coefficient (Wildman–Crippen LogP) is 1.46. The average Bonchev–Trinajstić information content (AvgIpc) is 3.27. The second-order valence-electron chi connectivity index (χ2n) is 4.90. The highest BCUT2D eigenvalue weighted by molar-refractivity contribution is 5.78. The first-order chi connectivity index (χ1) is 9.72. The molecule has 0 bridgehead atoms. The van der Waals surface area contributed by atoms with E-state index >= 15 is 0 Å². The summed E-state index contributed by atoms with van der Waals surface area (Å²) in [6.07, 6.45) is 2.16. The van der Waals surface area contributed by atoms with Crippen molar-refractivity contribution in [3.05, 3.63) is 23.8 Å². The molecule has 0 saturated heterocycles. The topological polar surface area (TPSA) is 59.6 Å². The Kier molecular flexibility index (Phi) is 5.24. The Morgan fingerprint density at radius 1 is 1.35 bits per heavy atom. The van der Waals surface area contributed by atoms with Crippen molar-refractivity contribution in [2.45, 2.75) is 32.4 Å². The van der Waals surface area contributed by atoms with Gasteiger partial charge in [0.05, 0.1) is 7.11 Å². The van der Waals surface area contributed by atoms with Gasteiger partial charge in [-0.05, 0) is 37.1 Å². The molecule has 110 valence electrons. The lowest BCUT2D eigenvalue weighted by Gasteiger charge is -2.12. The fourth-order valence-corrected chi connectivity index (χ4v) is 1.85. The number of hydrogen-bond acceptors (Lipinski definition) is 4. The van der Waals surface area contributed by atoms with Gasteiger partial charge in [-0.3, -0.25) is 4.79 Å².